The van der Waals surface area contributed by atoms with Crippen molar-refractivity contribution in [1.82, 2.24) is 5.32 Å². The second kappa shape index (κ2) is 7.64. The fourth-order valence-corrected chi connectivity index (χ4v) is 2.23. The Morgan fingerprint density at radius 1 is 1.38 bits per heavy atom. The van der Waals surface area contributed by atoms with Crippen LogP contribution in [0.4, 0.5) is 4.79 Å². The second-order valence-corrected chi connectivity index (χ2v) is 5.06. The maximum absolute atomic E-state index is 11.7. The van der Waals surface area contributed by atoms with Crippen molar-refractivity contribution in [2.75, 3.05) is 13.2 Å². The standard InChI is InChI=1S/C15H19NO5/c17-14(18)13(8-12-6-7-20-9-12)16-15(19)21-10-11-4-2-1-3-5-11/h1-5,12-13H,6-10H2,(H,16,19)(H,17,18)/t12?,13-/m0/s1. The summed E-state index contributed by atoms with van der Waals surface area (Å²) in [7, 11) is 0. The SMILES string of the molecule is O=C(N[C@@H](CC1CCOC1)C(=O)O)OCc1ccccc1. The molecule has 1 fully saturated rings. The molecule has 1 unspecified atom stereocenters. The van der Waals surface area contributed by atoms with Gasteiger partial charge in [0.15, 0.2) is 0 Å². The van der Waals surface area contributed by atoms with E-state index in [4.69, 9.17) is 14.6 Å². The van der Waals surface area contributed by atoms with E-state index in [1.54, 1.807) is 0 Å². The predicted octanol–water partition coefficient (Wildman–Crippen LogP) is 1.79. The van der Waals surface area contributed by atoms with E-state index in [9.17, 15) is 9.59 Å². The first kappa shape index (κ1) is 15.3. The maximum Gasteiger partial charge on any atom is 0.408 e. The Labute approximate surface area is 123 Å². The minimum Gasteiger partial charge on any atom is -0.480 e. The topological polar surface area (TPSA) is 84.9 Å². The number of nitrogens with one attached hydrogen (secondary N) is 1. The molecule has 6 nitrogen and oxygen atoms in total. The predicted molar refractivity (Wildman–Crippen MR) is 74.7 cm³/mol. The molecule has 21 heavy (non-hydrogen) atoms. The molecule has 0 spiro atoms. The monoisotopic (exact) mass is 293 g/mol. The van der Waals surface area contributed by atoms with Gasteiger partial charge in [0, 0.05) is 13.2 Å². The van der Waals surface area contributed by atoms with E-state index in [2.05, 4.69) is 5.32 Å². The van der Waals surface area contributed by atoms with Crippen LogP contribution in [-0.4, -0.2) is 36.4 Å². The Morgan fingerprint density at radius 3 is 2.76 bits per heavy atom. The van der Waals surface area contributed by atoms with E-state index < -0.39 is 18.1 Å². The largest absolute Gasteiger partial charge is 0.480 e. The molecule has 1 heterocycles. The molecule has 0 saturated carbocycles. The van der Waals surface area contributed by atoms with Crippen molar-refractivity contribution in [3.8, 4) is 0 Å². The molecule has 2 atom stereocenters. The molecule has 6 heteroatoms. The zero-order chi connectivity index (χ0) is 15.1. The Hall–Kier alpha value is -2.08. The number of alkyl carbamates (subject to hydrolysis) is 1. The average Bonchev–Trinajstić information content (AvgIpc) is 2.98. The molecular weight excluding hydrogens is 274 g/mol. The van der Waals surface area contributed by atoms with Gasteiger partial charge >= 0.3 is 12.1 Å². The van der Waals surface area contributed by atoms with Crippen LogP contribution in [0.1, 0.15) is 18.4 Å². The number of carboxylic acid groups (broad SMARTS) is 1. The summed E-state index contributed by atoms with van der Waals surface area (Å²) in [5.41, 5.74) is 0.851. The highest BCUT2D eigenvalue weighted by Crippen LogP contribution is 2.18. The highest BCUT2D eigenvalue weighted by molar-refractivity contribution is 5.79. The summed E-state index contributed by atoms with van der Waals surface area (Å²) in [6.07, 6.45) is 0.463. The van der Waals surface area contributed by atoms with Gasteiger partial charge in [0.1, 0.15) is 12.6 Å². The van der Waals surface area contributed by atoms with Gasteiger partial charge in [0.25, 0.3) is 0 Å². The van der Waals surface area contributed by atoms with Gasteiger partial charge in [-0.3, -0.25) is 0 Å². The van der Waals surface area contributed by atoms with Gasteiger partial charge in [-0.15, -0.1) is 0 Å². The number of rotatable bonds is 6. The smallest absolute Gasteiger partial charge is 0.408 e. The van der Waals surface area contributed by atoms with E-state index in [0.29, 0.717) is 19.6 Å². The number of carbonyl (C=O) groups is 2. The molecule has 0 radical (unpaired) electrons. The molecule has 2 rings (SSSR count). The first-order valence-corrected chi connectivity index (χ1v) is 6.93. The highest BCUT2D eigenvalue weighted by Gasteiger charge is 2.27. The number of ether oxygens (including phenoxy) is 2. The van der Waals surface area contributed by atoms with Crippen LogP contribution in [-0.2, 0) is 20.9 Å². The van der Waals surface area contributed by atoms with Crippen LogP contribution >= 0.6 is 0 Å². The lowest BCUT2D eigenvalue weighted by molar-refractivity contribution is -0.139. The lowest BCUT2D eigenvalue weighted by atomic mass is 9.99. The molecule has 1 amide bonds. The van der Waals surface area contributed by atoms with Crippen molar-refractivity contribution in [3.05, 3.63) is 35.9 Å². The zero-order valence-electron chi connectivity index (χ0n) is 11.7. The van der Waals surface area contributed by atoms with Crippen LogP contribution in [0.5, 0.6) is 0 Å². The minimum atomic E-state index is -1.06. The third kappa shape index (κ3) is 5.07. The van der Waals surface area contributed by atoms with E-state index in [1.807, 2.05) is 30.3 Å². The first-order valence-electron chi connectivity index (χ1n) is 6.93. The van der Waals surface area contributed by atoms with Crippen molar-refractivity contribution >= 4 is 12.1 Å². The van der Waals surface area contributed by atoms with Gasteiger partial charge < -0.3 is 19.9 Å². The number of hydrogen-bond donors (Lipinski definition) is 2. The molecule has 1 aromatic carbocycles. The van der Waals surface area contributed by atoms with Gasteiger partial charge in [0.2, 0.25) is 0 Å². The van der Waals surface area contributed by atoms with Crippen LogP contribution in [0.15, 0.2) is 30.3 Å². The van der Waals surface area contributed by atoms with Gasteiger partial charge in [-0.05, 0) is 24.3 Å². The van der Waals surface area contributed by atoms with Gasteiger partial charge in [0.05, 0.1) is 0 Å². The molecule has 0 aromatic heterocycles. The molecule has 0 bridgehead atoms. The van der Waals surface area contributed by atoms with Crippen molar-refractivity contribution in [3.63, 3.8) is 0 Å². The van der Waals surface area contributed by atoms with Crippen LogP contribution in [0, 0.1) is 5.92 Å². The number of benzene rings is 1. The van der Waals surface area contributed by atoms with Gasteiger partial charge in [-0.2, -0.15) is 0 Å². The number of amides is 1. The molecule has 1 saturated heterocycles. The zero-order valence-corrected chi connectivity index (χ0v) is 11.7. The number of hydrogen-bond acceptors (Lipinski definition) is 4. The molecule has 1 aromatic rings. The average molecular weight is 293 g/mol. The van der Waals surface area contributed by atoms with Crippen molar-refractivity contribution in [1.29, 1.82) is 0 Å². The summed E-state index contributed by atoms with van der Waals surface area (Å²) in [5, 5.41) is 11.6. The van der Waals surface area contributed by atoms with Crippen LogP contribution in [0.2, 0.25) is 0 Å². The maximum atomic E-state index is 11.7. The third-order valence-corrected chi connectivity index (χ3v) is 3.40. The van der Waals surface area contributed by atoms with Crippen molar-refractivity contribution in [2.45, 2.75) is 25.5 Å². The number of aliphatic carboxylic acids is 1. The highest BCUT2D eigenvalue weighted by atomic mass is 16.5. The van der Waals surface area contributed by atoms with Gasteiger partial charge in [-0.1, -0.05) is 30.3 Å². The number of carbonyl (C=O) groups excluding carboxylic acids is 1. The van der Waals surface area contributed by atoms with E-state index in [0.717, 1.165) is 12.0 Å². The third-order valence-electron chi connectivity index (χ3n) is 3.40. The number of carboxylic acids is 1. The van der Waals surface area contributed by atoms with E-state index >= 15 is 0 Å². The lowest BCUT2D eigenvalue weighted by Gasteiger charge is -2.17. The van der Waals surface area contributed by atoms with Crippen molar-refractivity contribution < 1.29 is 24.2 Å². The summed E-state index contributed by atoms with van der Waals surface area (Å²) in [6, 6.07) is 8.27. The summed E-state index contributed by atoms with van der Waals surface area (Å²) >= 11 is 0. The Balaban J connectivity index is 1.79. The molecule has 2 N–H and O–H groups in total. The summed E-state index contributed by atoms with van der Waals surface area (Å²) < 4.78 is 10.2. The summed E-state index contributed by atoms with van der Waals surface area (Å²) in [6.45, 7) is 1.31. The summed E-state index contributed by atoms with van der Waals surface area (Å²) in [5.74, 6) is -0.890. The Morgan fingerprint density at radius 2 is 2.14 bits per heavy atom. The minimum absolute atomic E-state index is 0.117. The molecule has 0 aliphatic carbocycles. The fraction of sp³-hybridized carbons (Fsp3) is 0.467. The normalized spacial score (nSPS) is 19.0. The molecular formula is C15H19NO5. The van der Waals surface area contributed by atoms with Gasteiger partial charge in [-0.25, -0.2) is 9.59 Å². The molecule has 114 valence electrons. The quantitative estimate of drug-likeness (QED) is 0.835. The van der Waals surface area contributed by atoms with Crippen LogP contribution < -0.4 is 5.32 Å². The van der Waals surface area contributed by atoms with E-state index in [1.165, 1.54) is 0 Å². The Bertz CT molecular complexity index is 470. The van der Waals surface area contributed by atoms with E-state index in [-0.39, 0.29) is 12.5 Å². The lowest BCUT2D eigenvalue weighted by Crippen LogP contribution is -2.42. The van der Waals surface area contributed by atoms with Crippen molar-refractivity contribution in [2.24, 2.45) is 5.92 Å². The molecule has 1 aliphatic heterocycles. The van der Waals surface area contributed by atoms with Crippen LogP contribution in [0.3, 0.4) is 0 Å². The fourth-order valence-electron chi connectivity index (χ4n) is 2.23. The molecule has 1 aliphatic rings. The second-order valence-electron chi connectivity index (χ2n) is 5.06. The first-order chi connectivity index (χ1) is 10.1. The van der Waals surface area contributed by atoms with Crippen LogP contribution in [0.25, 0.3) is 0 Å². The summed E-state index contributed by atoms with van der Waals surface area (Å²) in [4.78, 5) is 22.9. The Kier molecular flexibility index (Phi) is 5.57.